The number of hydrogen-bond acceptors (Lipinski definition) is 3. The molecule has 3 nitrogen and oxygen atoms in total. The van der Waals surface area contributed by atoms with Crippen molar-refractivity contribution in [1.82, 2.24) is 0 Å². The second-order valence-corrected chi connectivity index (χ2v) is 9.55. The van der Waals surface area contributed by atoms with Gasteiger partial charge in [-0.25, -0.2) is 0 Å². The quantitative estimate of drug-likeness (QED) is 0.387. The molecule has 1 heterocycles. The molecule has 25 heavy (non-hydrogen) atoms. The van der Waals surface area contributed by atoms with Gasteiger partial charge in [0.1, 0.15) is 5.60 Å². The second-order valence-electron chi connectivity index (χ2n) is 9.55. The minimum atomic E-state index is -0.349. The van der Waals surface area contributed by atoms with E-state index in [1.165, 1.54) is 5.57 Å². The maximum atomic E-state index is 11.8. The smallest absolute Gasteiger partial charge is 0.303 e. The molecule has 0 amide bonds. The van der Waals surface area contributed by atoms with E-state index in [9.17, 15) is 4.79 Å². The van der Waals surface area contributed by atoms with Crippen molar-refractivity contribution in [2.24, 2.45) is 23.7 Å². The minimum absolute atomic E-state index is 0.0457. The van der Waals surface area contributed by atoms with Crippen molar-refractivity contribution in [3.8, 4) is 0 Å². The van der Waals surface area contributed by atoms with Crippen LogP contribution in [0, 0.1) is 23.7 Å². The predicted molar refractivity (Wildman–Crippen MR) is 100 cm³/mol. The van der Waals surface area contributed by atoms with Gasteiger partial charge in [-0.2, -0.15) is 0 Å². The van der Waals surface area contributed by atoms with Crippen LogP contribution in [0.3, 0.4) is 0 Å². The van der Waals surface area contributed by atoms with E-state index in [0.29, 0.717) is 29.8 Å². The van der Waals surface area contributed by atoms with Crippen molar-refractivity contribution in [2.75, 3.05) is 0 Å². The zero-order chi connectivity index (χ0) is 18.4. The summed E-state index contributed by atoms with van der Waals surface area (Å²) in [6, 6.07) is 0. The number of hydrogen-bond donors (Lipinski definition) is 0. The van der Waals surface area contributed by atoms with Gasteiger partial charge in [-0.05, 0) is 77.0 Å². The maximum absolute atomic E-state index is 11.8. The van der Waals surface area contributed by atoms with Crippen molar-refractivity contribution < 1.29 is 14.3 Å². The highest BCUT2D eigenvalue weighted by Crippen LogP contribution is 2.53. The Morgan fingerprint density at radius 2 is 1.96 bits per heavy atom. The summed E-state index contributed by atoms with van der Waals surface area (Å²) in [5, 5.41) is 0. The van der Waals surface area contributed by atoms with E-state index in [-0.39, 0.29) is 17.2 Å². The molecule has 0 aromatic heterocycles. The molecule has 3 aliphatic rings. The Balaban J connectivity index is 1.96. The SMILES string of the molecule is CC(=O)O[C@]1(C)CC[C@H](C(C)C)[C@H]2/C=C(/C)CC[C@@H]3O[C@]3(C)CC[C@H]21. The average molecular weight is 349 g/mol. The van der Waals surface area contributed by atoms with Crippen LogP contribution in [0.1, 0.15) is 80.1 Å². The lowest BCUT2D eigenvalue weighted by Crippen LogP contribution is -2.50. The summed E-state index contributed by atoms with van der Waals surface area (Å²) >= 11 is 0. The van der Waals surface area contributed by atoms with Gasteiger partial charge in [0.05, 0.1) is 11.7 Å². The molecule has 1 saturated heterocycles. The molecule has 0 aromatic carbocycles. The van der Waals surface area contributed by atoms with Crippen LogP contribution in [-0.4, -0.2) is 23.3 Å². The number of allylic oxidation sites excluding steroid dienone is 2. The number of fused-ring (bicyclic) bond motifs is 2. The van der Waals surface area contributed by atoms with Gasteiger partial charge in [-0.1, -0.05) is 25.5 Å². The van der Waals surface area contributed by atoms with Gasteiger partial charge in [0, 0.05) is 12.8 Å². The minimum Gasteiger partial charge on any atom is -0.459 e. The second kappa shape index (κ2) is 6.72. The summed E-state index contributed by atoms with van der Waals surface area (Å²) in [6.45, 7) is 13.0. The van der Waals surface area contributed by atoms with Gasteiger partial charge in [0.2, 0.25) is 0 Å². The number of ether oxygens (including phenoxy) is 2. The molecule has 2 aliphatic carbocycles. The van der Waals surface area contributed by atoms with E-state index >= 15 is 0 Å². The highest BCUT2D eigenvalue weighted by atomic mass is 16.6. The Morgan fingerprint density at radius 3 is 2.60 bits per heavy atom. The third-order valence-corrected chi connectivity index (χ3v) is 7.22. The lowest BCUT2D eigenvalue weighted by molar-refractivity contribution is -0.172. The lowest BCUT2D eigenvalue weighted by Gasteiger charge is -2.50. The monoisotopic (exact) mass is 348 g/mol. The zero-order valence-electron chi connectivity index (χ0n) is 16.9. The summed E-state index contributed by atoms with van der Waals surface area (Å²) in [7, 11) is 0. The molecule has 1 aliphatic heterocycles. The van der Waals surface area contributed by atoms with Crippen molar-refractivity contribution in [3.05, 3.63) is 11.6 Å². The van der Waals surface area contributed by atoms with Crippen molar-refractivity contribution in [2.45, 2.75) is 97.4 Å². The van der Waals surface area contributed by atoms with E-state index in [4.69, 9.17) is 9.47 Å². The Kier molecular flexibility index (Phi) is 5.09. The first-order valence-electron chi connectivity index (χ1n) is 10.2. The van der Waals surface area contributed by atoms with Gasteiger partial charge in [-0.15, -0.1) is 0 Å². The molecular formula is C22H36O3. The number of esters is 1. The van der Waals surface area contributed by atoms with E-state index in [0.717, 1.165) is 38.5 Å². The fraction of sp³-hybridized carbons (Fsp3) is 0.864. The third-order valence-electron chi connectivity index (χ3n) is 7.22. The van der Waals surface area contributed by atoms with Gasteiger partial charge >= 0.3 is 5.97 Å². The first-order valence-corrected chi connectivity index (χ1v) is 10.2. The first kappa shape index (κ1) is 18.9. The van der Waals surface area contributed by atoms with E-state index < -0.39 is 0 Å². The fourth-order valence-electron chi connectivity index (χ4n) is 5.59. The molecule has 0 N–H and O–H groups in total. The number of epoxide rings is 1. The van der Waals surface area contributed by atoms with Crippen LogP contribution in [0.15, 0.2) is 11.6 Å². The van der Waals surface area contributed by atoms with E-state index in [1.807, 2.05) is 0 Å². The van der Waals surface area contributed by atoms with Gasteiger partial charge in [-0.3, -0.25) is 4.79 Å². The van der Waals surface area contributed by atoms with Crippen LogP contribution in [0.4, 0.5) is 0 Å². The van der Waals surface area contributed by atoms with E-state index in [2.05, 4.69) is 40.7 Å². The van der Waals surface area contributed by atoms with Crippen molar-refractivity contribution in [3.63, 3.8) is 0 Å². The highest BCUT2D eigenvalue weighted by molar-refractivity contribution is 5.66. The van der Waals surface area contributed by atoms with Crippen LogP contribution in [0.5, 0.6) is 0 Å². The molecule has 3 heteroatoms. The van der Waals surface area contributed by atoms with Crippen LogP contribution in [-0.2, 0) is 14.3 Å². The maximum Gasteiger partial charge on any atom is 0.303 e. The zero-order valence-corrected chi connectivity index (χ0v) is 16.9. The molecule has 142 valence electrons. The summed E-state index contributed by atoms with van der Waals surface area (Å²) in [5.74, 6) is 2.06. The summed E-state index contributed by atoms with van der Waals surface area (Å²) < 4.78 is 12.0. The van der Waals surface area contributed by atoms with Gasteiger partial charge < -0.3 is 9.47 Å². The van der Waals surface area contributed by atoms with Crippen LogP contribution >= 0.6 is 0 Å². The molecule has 0 bridgehead atoms. The predicted octanol–water partition coefficient (Wildman–Crippen LogP) is 5.28. The Hall–Kier alpha value is -0.830. The first-order chi connectivity index (χ1) is 11.6. The summed E-state index contributed by atoms with van der Waals surface area (Å²) in [6.07, 6.45) is 9.48. The van der Waals surface area contributed by atoms with Crippen molar-refractivity contribution in [1.29, 1.82) is 0 Å². The lowest BCUT2D eigenvalue weighted by atomic mass is 9.59. The van der Waals surface area contributed by atoms with E-state index in [1.54, 1.807) is 6.92 Å². The number of carbonyl (C=O) groups is 1. The molecular weight excluding hydrogens is 312 g/mol. The van der Waals surface area contributed by atoms with Gasteiger partial charge in [0.25, 0.3) is 0 Å². The molecule has 0 unspecified atom stereocenters. The normalized spacial score (nSPS) is 46.4. The summed E-state index contributed by atoms with van der Waals surface area (Å²) in [4.78, 5) is 11.8. The molecule has 6 atom stereocenters. The average Bonchev–Trinajstić information content (AvgIpc) is 3.14. The largest absolute Gasteiger partial charge is 0.459 e. The highest BCUT2D eigenvalue weighted by Gasteiger charge is 2.54. The topological polar surface area (TPSA) is 38.8 Å². The molecule has 0 aromatic rings. The Morgan fingerprint density at radius 1 is 1.24 bits per heavy atom. The van der Waals surface area contributed by atoms with Crippen LogP contribution < -0.4 is 0 Å². The van der Waals surface area contributed by atoms with Gasteiger partial charge in [0.15, 0.2) is 0 Å². The third kappa shape index (κ3) is 3.82. The van der Waals surface area contributed by atoms with Crippen molar-refractivity contribution >= 4 is 5.97 Å². The Labute approximate surface area is 153 Å². The molecule has 3 rings (SSSR count). The molecule has 2 fully saturated rings. The molecule has 0 radical (unpaired) electrons. The molecule has 0 spiro atoms. The Bertz CT molecular complexity index is 551. The standard InChI is InChI=1S/C22H36O3/c1-14(2)17-9-11-21(5,24-16(4)23)19-10-12-22(6)20(25-22)8-7-15(3)13-18(17)19/h13-14,17-20H,7-12H2,1-6H3/b15-13-/t17-,18-,19-,20+,21-,22-/m1/s1. The molecule has 1 saturated carbocycles. The number of carbonyl (C=O) groups excluding carboxylic acids is 1. The van der Waals surface area contributed by atoms with Crippen LogP contribution in [0.2, 0.25) is 0 Å². The van der Waals surface area contributed by atoms with Crippen LogP contribution in [0.25, 0.3) is 0 Å². The number of rotatable bonds is 2. The fourth-order valence-corrected chi connectivity index (χ4v) is 5.59. The summed E-state index contributed by atoms with van der Waals surface area (Å²) in [5.41, 5.74) is 1.18.